The van der Waals surface area contributed by atoms with Crippen LogP contribution in [0.5, 0.6) is 0 Å². The molecule has 0 unspecified atom stereocenters. The van der Waals surface area contributed by atoms with E-state index in [4.69, 9.17) is 0 Å². The van der Waals surface area contributed by atoms with Gasteiger partial charge in [-0.3, -0.25) is 4.79 Å². The van der Waals surface area contributed by atoms with Crippen LogP contribution < -0.4 is 11.2 Å². The first-order valence-electron chi connectivity index (χ1n) is 7.16. The van der Waals surface area contributed by atoms with Gasteiger partial charge in [0, 0.05) is 24.1 Å². The predicted molar refractivity (Wildman–Crippen MR) is 89.0 cm³/mol. The van der Waals surface area contributed by atoms with Crippen molar-refractivity contribution in [3.05, 3.63) is 68.9 Å². The number of aryl methyl sites for hydroxylation is 1. The lowest BCUT2D eigenvalue weighted by Crippen LogP contribution is -2.32. The predicted octanol–water partition coefficient (Wildman–Crippen LogP) is 1.53. The summed E-state index contributed by atoms with van der Waals surface area (Å²) in [5.41, 5.74) is 0.436. The van der Waals surface area contributed by atoms with Crippen molar-refractivity contribution in [1.82, 2.24) is 19.2 Å². The van der Waals surface area contributed by atoms with Crippen molar-refractivity contribution in [3.63, 3.8) is 0 Å². The highest BCUT2D eigenvalue weighted by atomic mass is 19.1. The van der Waals surface area contributed by atoms with Crippen LogP contribution in [-0.2, 0) is 7.05 Å². The summed E-state index contributed by atoms with van der Waals surface area (Å²) in [6.07, 6.45) is 3.24. The van der Waals surface area contributed by atoms with Crippen molar-refractivity contribution in [2.45, 2.75) is 0 Å². The molecule has 3 heterocycles. The maximum atomic E-state index is 13.4. The molecule has 1 aromatic carbocycles. The van der Waals surface area contributed by atoms with E-state index >= 15 is 0 Å². The number of benzene rings is 1. The van der Waals surface area contributed by atoms with Gasteiger partial charge in [0.2, 0.25) is 0 Å². The van der Waals surface area contributed by atoms with Gasteiger partial charge in [0.1, 0.15) is 11.3 Å². The number of aromatic amines is 2. The number of hydrogen-bond acceptors (Lipinski definition) is 3. The standard InChI is InChI=1S/C16H12FN5O2/c1-21-6-2-3-10(21)8-18-22-15(23)14-13(20-16(22)24)11-7-9(17)4-5-12(11)19-14/h2-8,19H,1H3,(H,20,24). The number of halogens is 1. The molecular formula is C16H12FN5O2. The molecule has 0 fully saturated rings. The molecule has 7 nitrogen and oxygen atoms in total. The maximum Gasteiger partial charge on any atom is 0.350 e. The van der Waals surface area contributed by atoms with Gasteiger partial charge in [-0.25, -0.2) is 9.18 Å². The zero-order chi connectivity index (χ0) is 16.8. The van der Waals surface area contributed by atoms with Gasteiger partial charge in [-0.05, 0) is 30.3 Å². The Hall–Kier alpha value is -3.42. The smallest absolute Gasteiger partial charge is 0.350 e. The van der Waals surface area contributed by atoms with Gasteiger partial charge in [0.15, 0.2) is 0 Å². The number of nitrogens with zero attached hydrogens (tertiary/aromatic N) is 3. The molecule has 3 aromatic heterocycles. The summed E-state index contributed by atoms with van der Waals surface area (Å²) in [4.78, 5) is 30.2. The lowest BCUT2D eigenvalue weighted by molar-refractivity contribution is 0.630. The van der Waals surface area contributed by atoms with Gasteiger partial charge >= 0.3 is 11.2 Å². The van der Waals surface area contributed by atoms with E-state index < -0.39 is 17.1 Å². The van der Waals surface area contributed by atoms with Crippen molar-refractivity contribution >= 4 is 28.2 Å². The first-order chi connectivity index (χ1) is 11.5. The van der Waals surface area contributed by atoms with E-state index in [9.17, 15) is 14.0 Å². The lowest BCUT2D eigenvalue weighted by Gasteiger charge is -1.98. The molecule has 0 aliphatic carbocycles. The summed E-state index contributed by atoms with van der Waals surface area (Å²) in [6.45, 7) is 0. The molecule has 0 aliphatic heterocycles. The Kier molecular flexibility index (Phi) is 2.99. The largest absolute Gasteiger partial charge is 0.350 e. The van der Waals surface area contributed by atoms with Crippen LogP contribution in [0, 0.1) is 5.82 Å². The highest BCUT2D eigenvalue weighted by Crippen LogP contribution is 2.21. The minimum Gasteiger partial charge on any atom is -0.350 e. The Morgan fingerprint density at radius 2 is 2.00 bits per heavy atom. The average molecular weight is 325 g/mol. The molecule has 0 spiro atoms. The number of aromatic nitrogens is 4. The monoisotopic (exact) mass is 325 g/mol. The van der Waals surface area contributed by atoms with Crippen LogP contribution in [0.1, 0.15) is 5.69 Å². The Morgan fingerprint density at radius 1 is 1.17 bits per heavy atom. The summed E-state index contributed by atoms with van der Waals surface area (Å²) in [5.74, 6) is -0.449. The van der Waals surface area contributed by atoms with E-state index in [2.05, 4.69) is 15.1 Å². The normalized spacial score (nSPS) is 11.9. The molecule has 8 heteroatoms. The van der Waals surface area contributed by atoms with Crippen molar-refractivity contribution < 1.29 is 4.39 Å². The maximum absolute atomic E-state index is 13.4. The molecule has 0 saturated heterocycles. The van der Waals surface area contributed by atoms with Crippen molar-refractivity contribution in [3.8, 4) is 0 Å². The zero-order valence-corrected chi connectivity index (χ0v) is 12.6. The van der Waals surface area contributed by atoms with Gasteiger partial charge in [0.25, 0.3) is 0 Å². The molecule has 0 radical (unpaired) electrons. The van der Waals surface area contributed by atoms with E-state index in [1.807, 2.05) is 19.3 Å². The van der Waals surface area contributed by atoms with E-state index in [1.165, 1.54) is 24.4 Å². The first-order valence-corrected chi connectivity index (χ1v) is 7.16. The van der Waals surface area contributed by atoms with Crippen molar-refractivity contribution in [1.29, 1.82) is 0 Å². The van der Waals surface area contributed by atoms with Gasteiger partial charge < -0.3 is 14.5 Å². The minimum atomic E-state index is -0.692. The van der Waals surface area contributed by atoms with Gasteiger partial charge in [0.05, 0.1) is 17.4 Å². The summed E-state index contributed by atoms with van der Waals surface area (Å²) in [5, 5.41) is 4.41. The van der Waals surface area contributed by atoms with Gasteiger partial charge in [-0.1, -0.05) is 0 Å². The second-order valence-corrected chi connectivity index (χ2v) is 5.40. The molecule has 0 saturated carbocycles. The molecule has 120 valence electrons. The van der Waals surface area contributed by atoms with Crippen LogP contribution in [0.15, 0.2) is 51.2 Å². The Labute approximate surface area is 133 Å². The molecule has 0 amide bonds. The third-order valence-corrected chi connectivity index (χ3v) is 3.88. The second kappa shape index (κ2) is 5.05. The van der Waals surface area contributed by atoms with Crippen LogP contribution in [0.25, 0.3) is 21.9 Å². The zero-order valence-electron chi connectivity index (χ0n) is 12.6. The Bertz CT molecular complexity index is 1220. The van der Waals surface area contributed by atoms with Crippen molar-refractivity contribution in [2.24, 2.45) is 12.1 Å². The quantitative estimate of drug-likeness (QED) is 0.548. The third-order valence-electron chi connectivity index (χ3n) is 3.88. The number of nitrogens with one attached hydrogen (secondary N) is 2. The first kappa shape index (κ1) is 14.2. The molecular weight excluding hydrogens is 313 g/mol. The SMILES string of the molecule is Cn1cccc1C=Nn1c(=O)[nH]c2c([nH]c3ccc(F)cc32)c1=O. The van der Waals surface area contributed by atoms with Gasteiger partial charge in [-0.2, -0.15) is 5.10 Å². The Balaban J connectivity index is 1.96. The highest BCUT2D eigenvalue weighted by molar-refractivity contribution is 6.04. The lowest BCUT2D eigenvalue weighted by atomic mass is 10.2. The van der Waals surface area contributed by atoms with E-state index in [0.717, 1.165) is 10.4 Å². The summed E-state index contributed by atoms with van der Waals surface area (Å²) < 4.78 is 16.0. The van der Waals surface area contributed by atoms with E-state index in [0.29, 0.717) is 10.9 Å². The summed E-state index contributed by atoms with van der Waals surface area (Å²) >= 11 is 0. The number of hydrogen-bond donors (Lipinski definition) is 2. The number of fused-ring (bicyclic) bond motifs is 3. The van der Waals surface area contributed by atoms with Crippen LogP contribution in [-0.4, -0.2) is 25.4 Å². The topological polar surface area (TPSA) is 87.9 Å². The van der Waals surface area contributed by atoms with E-state index in [-0.39, 0.29) is 11.0 Å². The highest BCUT2D eigenvalue weighted by Gasteiger charge is 2.13. The molecule has 24 heavy (non-hydrogen) atoms. The van der Waals surface area contributed by atoms with E-state index in [1.54, 1.807) is 10.6 Å². The van der Waals surface area contributed by atoms with Crippen molar-refractivity contribution in [2.75, 3.05) is 0 Å². The number of H-pyrrole nitrogens is 2. The Morgan fingerprint density at radius 3 is 2.75 bits per heavy atom. The van der Waals surface area contributed by atoms with Crippen LogP contribution in [0.4, 0.5) is 4.39 Å². The van der Waals surface area contributed by atoms with Gasteiger partial charge in [-0.15, -0.1) is 4.68 Å². The molecule has 4 rings (SSSR count). The molecule has 0 bridgehead atoms. The fraction of sp³-hybridized carbons (Fsp3) is 0.0625. The van der Waals surface area contributed by atoms with Crippen LogP contribution >= 0.6 is 0 Å². The second-order valence-electron chi connectivity index (χ2n) is 5.40. The molecule has 0 aliphatic rings. The molecule has 0 atom stereocenters. The summed E-state index contributed by atoms with van der Waals surface area (Å²) in [7, 11) is 1.82. The fourth-order valence-corrected chi connectivity index (χ4v) is 2.64. The van der Waals surface area contributed by atoms with Crippen LogP contribution in [0.3, 0.4) is 0 Å². The minimum absolute atomic E-state index is 0.166. The van der Waals surface area contributed by atoms with Crippen LogP contribution in [0.2, 0.25) is 0 Å². The average Bonchev–Trinajstić information content (AvgIpc) is 3.11. The number of rotatable bonds is 2. The molecule has 2 N–H and O–H groups in total. The molecule has 4 aromatic rings. The third kappa shape index (κ3) is 2.08. The fourth-order valence-electron chi connectivity index (χ4n) is 2.64. The summed E-state index contributed by atoms with van der Waals surface area (Å²) in [6, 6.07) is 7.68.